The average molecular weight is 292 g/mol. The molecule has 1 aliphatic heterocycles. The number of nitrogens with one attached hydrogen (secondary N) is 3. The summed E-state index contributed by atoms with van der Waals surface area (Å²) in [6.45, 7) is 1.36. The van der Waals surface area contributed by atoms with Gasteiger partial charge in [-0.25, -0.2) is 0 Å². The molecule has 2 heterocycles. The molecule has 0 saturated carbocycles. The summed E-state index contributed by atoms with van der Waals surface area (Å²) < 4.78 is 0. The van der Waals surface area contributed by atoms with Gasteiger partial charge >= 0.3 is 0 Å². The Kier molecular flexibility index (Phi) is 3.94. The summed E-state index contributed by atoms with van der Waals surface area (Å²) in [7, 11) is 0. The molecule has 0 spiro atoms. The van der Waals surface area contributed by atoms with Crippen molar-refractivity contribution in [1.29, 1.82) is 0 Å². The van der Waals surface area contributed by atoms with Gasteiger partial charge in [-0.15, -0.1) is 0 Å². The third-order valence-corrected chi connectivity index (χ3v) is 4.21. The number of hydrogen-bond acceptors (Lipinski definition) is 2. The number of hydrogen-bond donors (Lipinski definition) is 3. The van der Waals surface area contributed by atoms with Gasteiger partial charge in [0.25, 0.3) is 0 Å². The second-order valence-electron chi connectivity index (χ2n) is 5.18. The summed E-state index contributed by atoms with van der Waals surface area (Å²) >= 11 is 6.37. The summed E-state index contributed by atoms with van der Waals surface area (Å²) in [4.78, 5) is 15.2. The molecule has 3 rings (SSSR count). The molecule has 1 aliphatic rings. The standard InChI is InChI=1S/C15H18ClN3O/c16-14-10-5-1-2-6-11(10)19-13(14)9-18-12-7-3-4-8-17-15(12)20/h1-2,5-6,12,18-19H,3-4,7-9H2,(H,17,20). The Morgan fingerprint density at radius 3 is 3.00 bits per heavy atom. The molecule has 5 heteroatoms. The van der Waals surface area contributed by atoms with Gasteiger partial charge in [0.1, 0.15) is 0 Å². The van der Waals surface area contributed by atoms with Crippen molar-refractivity contribution in [3.8, 4) is 0 Å². The number of benzene rings is 1. The number of aromatic nitrogens is 1. The van der Waals surface area contributed by atoms with Crippen LogP contribution < -0.4 is 10.6 Å². The molecule has 1 atom stereocenters. The number of halogens is 1. The predicted octanol–water partition coefficient (Wildman–Crippen LogP) is 2.58. The van der Waals surface area contributed by atoms with Gasteiger partial charge in [-0.3, -0.25) is 4.79 Å². The monoisotopic (exact) mass is 291 g/mol. The van der Waals surface area contributed by atoms with E-state index in [0.29, 0.717) is 6.54 Å². The highest BCUT2D eigenvalue weighted by Gasteiger charge is 2.20. The number of para-hydroxylation sites is 1. The van der Waals surface area contributed by atoms with Crippen LogP contribution in [0.3, 0.4) is 0 Å². The van der Waals surface area contributed by atoms with E-state index < -0.39 is 0 Å². The quantitative estimate of drug-likeness (QED) is 0.814. The maximum absolute atomic E-state index is 11.9. The SMILES string of the molecule is O=C1NCCCCC1NCc1[nH]c2ccccc2c1Cl. The minimum Gasteiger partial charge on any atom is -0.356 e. The molecule has 0 bridgehead atoms. The first-order valence-electron chi connectivity index (χ1n) is 7.02. The molecule has 0 aliphatic carbocycles. The Hall–Kier alpha value is -1.52. The van der Waals surface area contributed by atoms with Crippen molar-refractivity contribution < 1.29 is 4.79 Å². The maximum Gasteiger partial charge on any atom is 0.237 e. The van der Waals surface area contributed by atoms with Crippen LogP contribution in [0.25, 0.3) is 10.9 Å². The Balaban J connectivity index is 1.73. The van der Waals surface area contributed by atoms with Gasteiger partial charge in [-0.05, 0) is 25.3 Å². The summed E-state index contributed by atoms with van der Waals surface area (Å²) in [5.41, 5.74) is 1.96. The lowest BCUT2D eigenvalue weighted by Crippen LogP contribution is -2.42. The molecular weight excluding hydrogens is 274 g/mol. The summed E-state index contributed by atoms with van der Waals surface area (Å²) in [5, 5.41) is 7.99. The molecule has 2 aromatic rings. The van der Waals surface area contributed by atoms with Crippen LogP contribution in [0.1, 0.15) is 25.0 Å². The lowest BCUT2D eigenvalue weighted by molar-refractivity contribution is -0.122. The fourth-order valence-corrected chi connectivity index (χ4v) is 2.92. The molecule has 106 valence electrons. The van der Waals surface area contributed by atoms with Gasteiger partial charge in [-0.1, -0.05) is 29.8 Å². The molecule has 20 heavy (non-hydrogen) atoms. The third kappa shape index (κ3) is 2.67. The molecule has 4 nitrogen and oxygen atoms in total. The molecule has 3 N–H and O–H groups in total. The lowest BCUT2D eigenvalue weighted by atomic mass is 10.1. The van der Waals surface area contributed by atoms with Crippen molar-refractivity contribution in [2.75, 3.05) is 6.54 Å². The summed E-state index contributed by atoms with van der Waals surface area (Å²) in [5.74, 6) is 0.0923. The normalized spacial score (nSPS) is 19.9. The average Bonchev–Trinajstić information content (AvgIpc) is 2.64. The largest absolute Gasteiger partial charge is 0.356 e. The lowest BCUT2D eigenvalue weighted by Gasteiger charge is -2.14. The molecule has 1 aromatic carbocycles. The Morgan fingerprint density at radius 2 is 2.15 bits per heavy atom. The summed E-state index contributed by atoms with van der Waals surface area (Å²) in [6, 6.07) is 7.82. The molecule has 1 amide bonds. The zero-order valence-corrected chi connectivity index (χ0v) is 12.0. The van der Waals surface area contributed by atoms with Gasteiger partial charge in [-0.2, -0.15) is 0 Å². The van der Waals surface area contributed by atoms with Crippen molar-refractivity contribution in [3.63, 3.8) is 0 Å². The second kappa shape index (κ2) is 5.85. The van der Waals surface area contributed by atoms with Crippen LogP contribution in [-0.2, 0) is 11.3 Å². The van der Waals surface area contributed by atoms with E-state index in [1.165, 1.54) is 0 Å². The Bertz CT molecular complexity index is 623. The highest BCUT2D eigenvalue weighted by Crippen LogP contribution is 2.27. The van der Waals surface area contributed by atoms with E-state index >= 15 is 0 Å². The molecule has 1 unspecified atom stereocenters. The number of carbonyl (C=O) groups is 1. The van der Waals surface area contributed by atoms with Crippen molar-refractivity contribution in [2.45, 2.75) is 31.8 Å². The van der Waals surface area contributed by atoms with E-state index in [-0.39, 0.29) is 11.9 Å². The fraction of sp³-hybridized carbons (Fsp3) is 0.400. The minimum atomic E-state index is -0.125. The molecular formula is C15H18ClN3O. The Morgan fingerprint density at radius 1 is 1.30 bits per heavy atom. The van der Waals surface area contributed by atoms with E-state index in [0.717, 1.165) is 47.4 Å². The second-order valence-corrected chi connectivity index (χ2v) is 5.56. The van der Waals surface area contributed by atoms with Gasteiger partial charge in [0.2, 0.25) is 5.91 Å². The van der Waals surface area contributed by atoms with Gasteiger partial charge in [0.05, 0.1) is 11.1 Å². The van der Waals surface area contributed by atoms with Gasteiger partial charge in [0.15, 0.2) is 0 Å². The van der Waals surface area contributed by atoms with Crippen molar-refractivity contribution in [2.24, 2.45) is 0 Å². The minimum absolute atomic E-state index is 0.0923. The van der Waals surface area contributed by atoms with Crippen LogP contribution in [0.4, 0.5) is 0 Å². The van der Waals surface area contributed by atoms with E-state index in [1.54, 1.807) is 0 Å². The van der Waals surface area contributed by atoms with Crippen LogP contribution in [0.15, 0.2) is 24.3 Å². The zero-order valence-electron chi connectivity index (χ0n) is 11.2. The first-order chi connectivity index (χ1) is 9.75. The first-order valence-corrected chi connectivity index (χ1v) is 7.39. The van der Waals surface area contributed by atoms with Crippen LogP contribution in [-0.4, -0.2) is 23.5 Å². The van der Waals surface area contributed by atoms with Crippen LogP contribution in [0.2, 0.25) is 5.02 Å². The highest BCUT2D eigenvalue weighted by atomic mass is 35.5. The van der Waals surface area contributed by atoms with E-state index in [2.05, 4.69) is 15.6 Å². The predicted molar refractivity (Wildman–Crippen MR) is 80.8 cm³/mol. The number of H-pyrrole nitrogens is 1. The van der Waals surface area contributed by atoms with E-state index in [4.69, 9.17) is 11.6 Å². The molecule has 0 radical (unpaired) electrons. The molecule has 1 saturated heterocycles. The van der Waals surface area contributed by atoms with Gasteiger partial charge < -0.3 is 15.6 Å². The number of carbonyl (C=O) groups excluding carboxylic acids is 1. The number of amides is 1. The van der Waals surface area contributed by atoms with Gasteiger partial charge in [0, 0.05) is 29.7 Å². The number of aromatic amines is 1. The van der Waals surface area contributed by atoms with Crippen LogP contribution >= 0.6 is 11.6 Å². The third-order valence-electron chi connectivity index (χ3n) is 3.77. The maximum atomic E-state index is 11.9. The van der Waals surface area contributed by atoms with E-state index in [1.807, 2.05) is 24.3 Å². The summed E-state index contributed by atoms with van der Waals surface area (Å²) in [6.07, 6.45) is 3.00. The van der Waals surface area contributed by atoms with Crippen LogP contribution in [0, 0.1) is 0 Å². The highest BCUT2D eigenvalue weighted by molar-refractivity contribution is 6.36. The first kappa shape index (κ1) is 13.5. The Labute approximate surface area is 122 Å². The zero-order chi connectivity index (χ0) is 13.9. The molecule has 1 aromatic heterocycles. The number of fused-ring (bicyclic) bond motifs is 1. The van der Waals surface area contributed by atoms with Crippen LogP contribution in [0.5, 0.6) is 0 Å². The van der Waals surface area contributed by atoms with E-state index in [9.17, 15) is 4.79 Å². The molecule has 1 fully saturated rings. The van der Waals surface area contributed by atoms with Crippen molar-refractivity contribution >= 4 is 28.4 Å². The topological polar surface area (TPSA) is 56.9 Å². The van der Waals surface area contributed by atoms with Crippen molar-refractivity contribution in [1.82, 2.24) is 15.6 Å². The van der Waals surface area contributed by atoms with Crippen molar-refractivity contribution in [3.05, 3.63) is 35.0 Å². The number of rotatable bonds is 3. The smallest absolute Gasteiger partial charge is 0.237 e. The fourth-order valence-electron chi connectivity index (χ4n) is 2.64.